The minimum atomic E-state index is 1.22. The van der Waals surface area contributed by atoms with Crippen LogP contribution in [0.4, 0.5) is 0 Å². The van der Waals surface area contributed by atoms with E-state index in [0.29, 0.717) is 0 Å². The fourth-order valence-corrected chi connectivity index (χ4v) is 8.89. The summed E-state index contributed by atoms with van der Waals surface area (Å²) in [6.07, 6.45) is 0. The van der Waals surface area contributed by atoms with E-state index in [2.05, 4.69) is 170 Å². The first-order chi connectivity index (χ1) is 23.3. The number of thiophene rings is 1. The van der Waals surface area contributed by atoms with Crippen LogP contribution in [0.5, 0.6) is 0 Å². The van der Waals surface area contributed by atoms with Gasteiger partial charge >= 0.3 is 0 Å². The van der Waals surface area contributed by atoms with Crippen LogP contribution in [0.1, 0.15) is 0 Å². The molecule has 0 fully saturated rings. The monoisotopic (exact) mass is 612 g/mol. The molecule has 0 atom stereocenters. The second kappa shape index (κ2) is 10.4. The van der Waals surface area contributed by atoms with Crippen molar-refractivity contribution in [2.45, 2.75) is 0 Å². The van der Waals surface area contributed by atoms with Crippen LogP contribution in [0.2, 0.25) is 0 Å². The summed E-state index contributed by atoms with van der Waals surface area (Å²) in [5.41, 5.74) is 10.1. The Morgan fingerprint density at radius 1 is 0.298 bits per heavy atom. The average Bonchev–Trinajstić information content (AvgIpc) is 3.54. The van der Waals surface area contributed by atoms with Crippen molar-refractivity contribution in [1.82, 2.24) is 0 Å². The lowest BCUT2D eigenvalue weighted by molar-refractivity contribution is 1.59. The molecule has 10 rings (SSSR count). The van der Waals surface area contributed by atoms with Gasteiger partial charge in [-0.3, -0.25) is 0 Å². The van der Waals surface area contributed by atoms with E-state index in [1.165, 1.54) is 97.0 Å². The first-order valence-corrected chi connectivity index (χ1v) is 17.0. The van der Waals surface area contributed by atoms with Crippen molar-refractivity contribution in [3.8, 4) is 44.5 Å². The van der Waals surface area contributed by atoms with Crippen LogP contribution in [0.25, 0.3) is 97.0 Å². The van der Waals surface area contributed by atoms with E-state index in [9.17, 15) is 0 Å². The van der Waals surface area contributed by atoms with Gasteiger partial charge in [0.2, 0.25) is 0 Å². The van der Waals surface area contributed by atoms with Gasteiger partial charge in [-0.2, -0.15) is 0 Å². The van der Waals surface area contributed by atoms with Gasteiger partial charge in [0.1, 0.15) is 0 Å². The van der Waals surface area contributed by atoms with Gasteiger partial charge in [0, 0.05) is 20.2 Å². The SMILES string of the molecule is c1ccc(-c2ccc(-c3ccc(-c4c5ccccc5c(-c5cc6cccc7sc8cccc5c8c67)c5ccccc45)cc3)cc2)cc1. The highest BCUT2D eigenvalue weighted by Gasteiger charge is 2.21. The zero-order chi connectivity index (χ0) is 30.9. The van der Waals surface area contributed by atoms with Gasteiger partial charge in [0.25, 0.3) is 0 Å². The highest BCUT2D eigenvalue weighted by Crippen LogP contribution is 2.49. The molecule has 0 aliphatic rings. The molecule has 1 aromatic heterocycles. The fourth-order valence-electron chi connectivity index (χ4n) is 7.72. The van der Waals surface area contributed by atoms with Crippen molar-refractivity contribution in [2.24, 2.45) is 0 Å². The number of fused-ring (bicyclic) bond motifs is 2. The van der Waals surface area contributed by atoms with Gasteiger partial charge in [-0.1, -0.05) is 152 Å². The minimum Gasteiger partial charge on any atom is -0.135 e. The number of hydrogen-bond acceptors (Lipinski definition) is 1. The van der Waals surface area contributed by atoms with Crippen LogP contribution in [0.3, 0.4) is 0 Å². The van der Waals surface area contributed by atoms with Crippen molar-refractivity contribution in [3.63, 3.8) is 0 Å². The molecule has 0 nitrogen and oxygen atoms in total. The van der Waals surface area contributed by atoms with Gasteiger partial charge in [-0.05, 0) is 95.0 Å². The Hall–Kier alpha value is -5.76. The lowest BCUT2D eigenvalue weighted by atomic mass is 9.83. The molecule has 9 aromatic carbocycles. The summed E-state index contributed by atoms with van der Waals surface area (Å²) in [6, 6.07) is 62.6. The lowest BCUT2D eigenvalue weighted by Crippen LogP contribution is -1.92. The summed E-state index contributed by atoms with van der Waals surface area (Å²) in [6.45, 7) is 0. The van der Waals surface area contributed by atoms with Crippen molar-refractivity contribution in [1.29, 1.82) is 0 Å². The van der Waals surface area contributed by atoms with Gasteiger partial charge in [-0.25, -0.2) is 0 Å². The molecular formula is C46H28S. The Bertz CT molecular complexity index is 2690. The van der Waals surface area contributed by atoms with Crippen LogP contribution in [-0.2, 0) is 0 Å². The van der Waals surface area contributed by atoms with Crippen LogP contribution >= 0.6 is 11.3 Å². The first kappa shape index (κ1) is 26.5. The molecule has 0 aliphatic heterocycles. The molecule has 1 heterocycles. The van der Waals surface area contributed by atoms with E-state index in [1.54, 1.807) is 0 Å². The third-order valence-electron chi connectivity index (χ3n) is 9.84. The molecule has 0 amide bonds. The maximum absolute atomic E-state index is 2.43. The van der Waals surface area contributed by atoms with Crippen molar-refractivity contribution < 1.29 is 0 Å². The lowest BCUT2D eigenvalue weighted by Gasteiger charge is -2.19. The standard InChI is InChI=1S/C46H28S/c1-2-10-29(11-3-1)30-20-22-31(23-21-30)32-24-26-33(27-25-32)43-35-13-4-6-15-37(35)45(38-16-7-5-14-36(38)43)40-28-34-12-8-18-41-44(34)46-39(40)17-9-19-42(46)47-41/h1-28H. The molecule has 0 saturated carbocycles. The van der Waals surface area contributed by atoms with Crippen LogP contribution in [0, 0.1) is 0 Å². The Kier molecular flexibility index (Phi) is 5.85. The fraction of sp³-hybridized carbons (Fsp3) is 0. The second-order valence-corrected chi connectivity index (χ2v) is 13.5. The molecule has 0 radical (unpaired) electrons. The molecule has 1 heteroatoms. The maximum atomic E-state index is 2.43. The van der Waals surface area contributed by atoms with E-state index >= 15 is 0 Å². The molecule has 0 N–H and O–H groups in total. The Balaban J connectivity index is 1.17. The summed E-state index contributed by atoms with van der Waals surface area (Å²) >= 11 is 1.90. The van der Waals surface area contributed by atoms with Crippen molar-refractivity contribution in [3.05, 3.63) is 170 Å². The normalized spacial score (nSPS) is 11.8. The smallest absolute Gasteiger partial charge is 0.0361 e. The van der Waals surface area contributed by atoms with E-state index in [1.807, 2.05) is 11.3 Å². The molecule has 0 aliphatic carbocycles. The van der Waals surface area contributed by atoms with E-state index < -0.39 is 0 Å². The Morgan fingerprint density at radius 2 is 0.745 bits per heavy atom. The minimum absolute atomic E-state index is 1.22. The number of hydrogen-bond donors (Lipinski definition) is 0. The van der Waals surface area contributed by atoms with E-state index in [4.69, 9.17) is 0 Å². The zero-order valence-corrected chi connectivity index (χ0v) is 26.4. The summed E-state index contributed by atoms with van der Waals surface area (Å²) < 4.78 is 2.72. The van der Waals surface area contributed by atoms with Crippen LogP contribution in [0.15, 0.2) is 170 Å². The molecular weight excluding hydrogens is 585 g/mol. The highest BCUT2D eigenvalue weighted by molar-refractivity contribution is 7.26. The zero-order valence-electron chi connectivity index (χ0n) is 25.6. The largest absolute Gasteiger partial charge is 0.135 e. The predicted molar refractivity (Wildman–Crippen MR) is 205 cm³/mol. The maximum Gasteiger partial charge on any atom is 0.0361 e. The van der Waals surface area contributed by atoms with E-state index in [0.717, 1.165) is 0 Å². The van der Waals surface area contributed by atoms with Gasteiger partial charge < -0.3 is 0 Å². The highest BCUT2D eigenvalue weighted by atomic mass is 32.1. The Labute approximate surface area is 277 Å². The van der Waals surface area contributed by atoms with Gasteiger partial charge in [0.05, 0.1) is 0 Å². The number of rotatable bonds is 4. The average molecular weight is 613 g/mol. The van der Waals surface area contributed by atoms with Crippen molar-refractivity contribution >= 4 is 63.8 Å². The van der Waals surface area contributed by atoms with Gasteiger partial charge in [0.15, 0.2) is 0 Å². The number of benzene rings is 9. The first-order valence-electron chi connectivity index (χ1n) is 16.2. The molecule has 0 saturated heterocycles. The predicted octanol–water partition coefficient (Wildman–Crippen LogP) is 13.6. The van der Waals surface area contributed by atoms with Gasteiger partial charge in [-0.15, -0.1) is 11.3 Å². The Morgan fingerprint density at radius 3 is 1.34 bits per heavy atom. The van der Waals surface area contributed by atoms with Crippen LogP contribution in [-0.4, -0.2) is 0 Å². The molecule has 10 aromatic rings. The third kappa shape index (κ3) is 4.07. The summed E-state index contributed by atoms with van der Waals surface area (Å²) in [4.78, 5) is 0. The quantitative estimate of drug-likeness (QED) is 0.137. The summed E-state index contributed by atoms with van der Waals surface area (Å²) in [7, 11) is 0. The van der Waals surface area contributed by atoms with Crippen LogP contribution < -0.4 is 0 Å². The molecule has 218 valence electrons. The van der Waals surface area contributed by atoms with Crippen molar-refractivity contribution in [2.75, 3.05) is 0 Å². The molecule has 47 heavy (non-hydrogen) atoms. The summed E-state index contributed by atoms with van der Waals surface area (Å²) in [5, 5.41) is 10.6. The second-order valence-electron chi connectivity index (χ2n) is 12.4. The summed E-state index contributed by atoms with van der Waals surface area (Å²) in [5.74, 6) is 0. The molecule has 0 bridgehead atoms. The third-order valence-corrected chi connectivity index (χ3v) is 11.0. The van der Waals surface area contributed by atoms with E-state index in [-0.39, 0.29) is 0 Å². The molecule has 0 spiro atoms. The molecule has 0 unspecified atom stereocenters. The topological polar surface area (TPSA) is 0 Å².